The minimum absolute atomic E-state index is 0.0744. The standard InChI is InChI=1S/C19H17ClIN3O2S/c1-11-3-6-14(9-15(11)20)22-17(25)10-16-18(26)24(2)19(27-16)23-13-7-4-12(21)5-8-13/h3-9,16H,10H2,1-2H3,(H,22,25)/t16-/m1/s1. The molecule has 1 heterocycles. The summed E-state index contributed by atoms with van der Waals surface area (Å²) in [6.07, 6.45) is 0.0744. The molecule has 0 aliphatic carbocycles. The van der Waals surface area contributed by atoms with Gasteiger partial charge in [0, 0.05) is 27.7 Å². The summed E-state index contributed by atoms with van der Waals surface area (Å²) in [4.78, 5) is 30.8. The number of benzene rings is 2. The van der Waals surface area contributed by atoms with Gasteiger partial charge in [0.15, 0.2) is 5.17 Å². The van der Waals surface area contributed by atoms with Crippen LogP contribution >= 0.6 is 46.0 Å². The largest absolute Gasteiger partial charge is 0.326 e. The molecule has 1 saturated heterocycles. The molecule has 2 aromatic rings. The number of aliphatic imine (C=N–C) groups is 1. The van der Waals surface area contributed by atoms with Crippen molar-refractivity contribution in [2.75, 3.05) is 12.4 Å². The number of carbonyl (C=O) groups is 2. The quantitative estimate of drug-likeness (QED) is 0.595. The Kier molecular flexibility index (Phi) is 6.44. The molecule has 2 amide bonds. The average molecular weight is 514 g/mol. The summed E-state index contributed by atoms with van der Waals surface area (Å²) in [5, 5.41) is 3.49. The summed E-state index contributed by atoms with van der Waals surface area (Å²) in [6.45, 7) is 1.89. The van der Waals surface area contributed by atoms with Gasteiger partial charge in [0.25, 0.3) is 0 Å². The minimum atomic E-state index is -0.487. The number of nitrogens with one attached hydrogen (secondary N) is 1. The van der Waals surface area contributed by atoms with Crippen molar-refractivity contribution in [1.29, 1.82) is 0 Å². The molecule has 1 fully saturated rings. The third-order valence-electron chi connectivity index (χ3n) is 4.02. The number of amidine groups is 1. The molecule has 140 valence electrons. The van der Waals surface area contributed by atoms with Gasteiger partial charge in [-0.2, -0.15) is 0 Å². The van der Waals surface area contributed by atoms with E-state index in [1.165, 1.54) is 16.7 Å². The fourth-order valence-electron chi connectivity index (χ4n) is 2.47. The van der Waals surface area contributed by atoms with Crippen molar-refractivity contribution in [3.63, 3.8) is 0 Å². The molecule has 0 radical (unpaired) electrons. The highest BCUT2D eigenvalue weighted by atomic mass is 127. The van der Waals surface area contributed by atoms with Gasteiger partial charge in [0.1, 0.15) is 5.25 Å². The molecule has 1 aliphatic heterocycles. The van der Waals surface area contributed by atoms with Crippen LogP contribution in [0.1, 0.15) is 12.0 Å². The topological polar surface area (TPSA) is 61.8 Å². The van der Waals surface area contributed by atoms with E-state index < -0.39 is 5.25 Å². The number of halogens is 2. The Morgan fingerprint density at radius 2 is 2.00 bits per heavy atom. The molecule has 0 aromatic heterocycles. The lowest BCUT2D eigenvalue weighted by atomic mass is 10.2. The number of hydrogen-bond donors (Lipinski definition) is 1. The number of nitrogens with zero attached hydrogens (tertiary/aromatic N) is 2. The second-order valence-corrected chi connectivity index (χ2v) is 8.91. The van der Waals surface area contributed by atoms with E-state index in [0.717, 1.165) is 14.8 Å². The SMILES string of the molecule is Cc1ccc(NC(=O)C[C@H]2SC(=Nc3ccc(I)cc3)N(C)C2=O)cc1Cl. The number of hydrogen-bond acceptors (Lipinski definition) is 4. The van der Waals surface area contributed by atoms with E-state index in [1.807, 2.05) is 37.3 Å². The Labute approximate surface area is 180 Å². The van der Waals surface area contributed by atoms with E-state index in [1.54, 1.807) is 19.2 Å². The van der Waals surface area contributed by atoms with E-state index in [-0.39, 0.29) is 18.2 Å². The van der Waals surface area contributed by atoms with Gasteiger partial charge >= 0.3 is 0 Å². The smallest absolute Gasteiger partial charge is 0.242 e. The van der Waals surface area contributed by atoms with Crippen LogP contribution in [-0.4, -0.2) is 34.2 Å². The Morgan fingerprint density at radius 3 is 2.67 bits per heavy atom. The Bertz CT molecular complexity index is 918. The van der Waals surface area contributed by atoms with E-state index in [2.05, 4.69) is 32.9 Å². The summed E-state index contributed by atoms with van der Waals surface area (Å²) < 4.78 is 1.12. The number of rotatable bonds is 4. The number of aryl methyl sites for hydroxylation is 1. The molecule has 3 rings (SSSR count). The Balaban J connectivity index is 1.66. The Morgan fingerprint density at radius 1 is 1.30 bits per heavy atom. The zero-order valence-corrected chi connectivity index (χ0v) is 18.4. The van der Waals surface area contributed by atoms with Gasteiger partial charge in [-0.1, -0.05) is 29.4 Å². The summed E-state index contributed by atoms with van der Waals surface area (Å²) in [5.41, 5.74) is 2.33. The van der Waals surface area contributed by atoms with E-state index >= 15 is 0 Å². The summed E-state index contributed by atoms with van der Waals surface area (Å²) >= 11 is 9.62. The first-order chi connectivity index (χ1) is 12.8. The second-order valence-electron chi connectivity index (χ2n) is 6.09. The predicted octanol–water partition coefficient (Wildman–Crippen LogP) is 4.84. The summed E-state index contributed by atoms with van der Waals surface area (Å²) in [6, 6.07) is 13.0. The molecule has 5 nitrogen and oxygen atoms in total. The number of anilines is 1. The molecule has 0 saturated carbocycles. The van der Waals surface area contributed by atoms with E-state index in [0.29, 0.717) is 15.9 Å². The molecular formula is C19H17ClIN3O2S. The van der Waals surface area contributed by atoms with Crippen molar-refractivity contribution < 1.29 is 9.59 Å². The van der Waals surface area contributed by atoms with Crippen LogP contribution in [0, 0.1) is 10.5 Å². The molecule has 0 unspecified atom stereocenters. The molecule has 0 spiro atoms. The van der Waals surface area contributed by atoms with Crippen LogP contribution in [0.4, 0.5) is 11.4 Å². The van der Waals surface area contributed by atoms with Crippen LogP contribution in [0.5, 0.6) is 0 Å². The maximum absolute atomic E-state index is 12.5. The van der Waals surface area contributed by atoms with Gasteiger partial charge in [-0.05, 0) is 71.5 Å². The third-order valence-corrected chi connectivity index (χ3v) is 6.37. The highest BCUT2D eigenvalue weighted by Crippen LogP contribution is 2.31. The van der Waals surface area contributed by atoms with Crippen molar-refractivity contribution >= 4 is 74.3 Å². The highest BCUT2D eigenvalue weighted by Gasteiger charge is 2.37. The number of thioether (sulfide) groups is 1. The van der Waals surface area contributed by atoms with Crippen LogP contribution in [0.3, 0.4) is 0 Å². The average Bonchev–Trinajstić information content (AvgIpc) is 2.88. The first-order valence-electron chi connectivity index (χ1n) is 8.18. The number of amides is 2. The first-order valence-corrected chi connectivity index (χ1v) is 10.5. The molecular weight excluding hydrogens is 497 g/mol. The molecule has 1 atom stereocenters. The summed E-state index contributed by atoms with van der Waals surface area (Å²) in [7, 11) is 1.68. The predicted molar refractivity (Wildman–Crippen MR) is 120 cm³/mol. The van der Waals surface area contributed by atoms with Crippen molar-refractivity contribution in [2.45, 2.75) is 18.6 Å². The van der Waals surface area contributed by atoms with Crippen LogP contribution in [0.15, 0.2) is 47.5 Å². The zero-order valence-electron chi connectivity index (χ0n) is 14.7. The third kappa shape index (κ3) is 5.03. The highest BCUT2D eigenvalue weighted by molar-refractivity contribution is 14.1. The van der Waals surface area contributed by atoms with Gasteiger partial charge in [-0.25, -0.2) is 4.99 Å². The van der Waals surface area contributed by atoms with Crippen molar-refractivity contribution in [2.24, 2.45) is 4.99 Å². The summed E-state index contributed by atoms with van der Waals surface area (Å²) in [5.74, 6) is -0.356. The fraction of sp³-hybridized carbons (Fsp3) is 0.211. The minimum Gasteiger partial charge on any atom is -0.326 e. The molecule has 27 heavy (non-hydrogen) atoms. The van der Waals surface area contributed by atoms with Gasteiger partial charge in [0.2, 0.25) is 11.8 Å². The zero-order chi connectivity index (χ0) is 19.6. The monoisotopic (exact) mass is 513 g/mol. The Hall–Kier alpha value is -1.58. The molecule has 1 N–H and O–H groups in total. The maximum atomic E-state index is 12.5. The normalized spacial score (nSPS) is 18.2. The molecule has 1 aliphatic rings. The van der Waals surface area contributed by atoms with Gasteiger partial charge in [-0.3, -0.25) is 14.5 Å². The fourth-order valence-corrected chi connectivity index (χ4v) is 4.17. The lowest BCUT2D eigenvalue weighted by molar-refractivity contribution is -0.127. The van der Waals surface area contributed by atoms with Crippen molar-refractivity contribution in [3.8, 4) is 0 Å². The van der Waals surface area contributed by atoms with Crippen LogP contribution in [0.25, 0.3) is 0 Å². The maximum Gasteiger partial charge on any atom is 0.242 e. The lowest BCUT2D eigenvalue weighted by Gasteiger charge is -2.10. The lowest BCUT2D eigenvalue weighted by Crippen LogP contribution is -2.30. The van der Waals surface area contributed by atoms with Crippen molar-refractivity contribution in [3.05, 3.63) is 56.6 Å². The van der Waals surface area contributed by atoms with Crippen molar-refractivity contribution in [1.82, 2.24) is 4.90 Å². The molecule has 2 aromatic carbocycles. The first kappa shape index (κ1) is 20.2. The second kappa shape index (κ2) is 8.62. The van der Waals surface area contributed by atoms with E-state index in [4.69, 9.17) is 11.6 Å². The van der Waals surface area contributed by atoms with Crippen LogP contribution in [-0.2, 0) is 9.59 Å². The van der Waals surface area contributed by atoms with Crippen LogP contribution in [0.2, 0.25) is 5.02 Å². The van der Waals surface area contributed by atoms with Gasteiger partial charge in [-0.15, -0.1) is 0 Å². The van der Waals surface area contributed by atoms with Crippen LogP contribution < -0.4 is 5.32 Å². The van der Waals surface area contributed by atoms with E-state index in [9.17, 15) is 9.59 Å². The van der Waals surface area contributed by atoms with Gasteiger partial charge < -0.3 is 5.32 Å². The molecule has 0 bridgehead atoms. The molecule has 8 heteroatoms. The number of carbonyl (C=O) groups excluding carboxylic acids is 2. The van der Waals surface area contributed by atoms with Gasteiger partial charge in [0.05, 0.1) is 5.69 Å².